The first-order valence-electron chi connectivity index (χ1n) is 10.4. The van der Waals surface area contributed by atoms with E-state index in [1.165, 1.54) is 25.7 Å². The summed E-state index contributed by atoms with van der Waals surface area (Å²) in [6, 6.07) is 0.562. The van der Waals surface area contributed by atoms with Gasteiger partial charge in [-0.15, -0.1) is 10.2 Å². The van der Waals surface area contributed by atoms with Crippen molar-refractivity contribution in [1.29, 1.82) is 0 Å². The third-order valence-electron chi connectivity index (χ3n) is 6.26. The number of likely N-dealkylation sites (tertiary alicyclic amines) is 1. The van der Waals surface area contributed by atoms with Crippen LogP contribution in [0.3, 0.4) is 0 Å². The van der Waals surface area contributed by atoms with Gasteiger partial charge in [-0.2, -0.15) is 0 Å². The molecule has 2 aromatic rings. The number of amides is 1. The van der Waals surface area contributed by atoms with E-state index in [0.29, 0.717) is 17.9 Å². The highest BCUT2D eigenvalue weighted by Crippen LogP contribution is 2.40. The van der Waals surface area contributed by atoms with Gasteiger partial charge in [-0.3, -0.25) is 4.79 Å². The number of hydrogen-bond donors (Lipinski definition) is 0. The standard InChI is InChI=1S/C20H28N6O/c27-19(6-3-15-1-2-15)25-10-7-16(8-11-25)20-23-22-18(26(20)17-4-5-17)13-24-12-9-21-14-24/h9,12,14-17H,1-8,10-11,13H2. The molecule has 144 valence electrons. The second kappa shape index (κ2) is 7.09. The van der Waals surface area contributed by atoms with E-state index in [1.54, 1.807) is 6.20 Å². The van der Waals surface area contributed by atoms with Gasteiger partial charge < -0.3 is 14.0 Å². The molecule has 0 spiro atoms. The molecule has 1 saturated heterocycles. The fourth-order valence-corrected chi connectivity index (χ4v) is 4.28. The predicted octanol–water partition coefficient (Wildman–Crippen LogP) is 2.75. The summed E-state index contributed by atoms with van der Waals surface area (Å²) in [4.78, 5) is 18.6. The maximum Gasteiger partial charge on any atom is 0.222 e. The van der Waals surface area contributed by atoms with Crippen LogP contribution in [0.2, 0.25) is 0 Å². The Morgan fingerprint density at radius 1 is 1.07 bits per heavy atom. The summed E-state index contributed by atoms with van der Waals surface area (Å²) in [6.07, 6.45) is 14.5. The Balaban J connectivity index is 1.24. The first kappa shape index (κ1) is 17.0. The minimum absolute atomic E-state index is 0.352. The fraction of sp³-hybridized carbons (Fsp3) is 0.700. The summed E-state index contributed by atoms with van der Waals surface area (Å²) in [6.45, 7) is 2.45. The van der Waals surface area contributed by atoms with Crippen LogP contribution < -0.4 is 0 Å². The Hall–Kier alpha value is -2.18. The zero-order valence-corrected chi connectivity index (χ0v) is 15.8. The Labute approximate surface area is 159 Å². The van der Waals surface area contributed by atoms with Gasteiger partial charge in [0.1, 0.15) is 5.82 Å². The van der Waals surface area contributed by atoms with Gasteiger partial charge in [-0.25, -0.2) is 4.98 Å². The van der Waals surface area contributed by atoms with Crippen molar-refractivity contribution in [3.05, 3.63) is 30.4 Å². The highest BCUT2D eigenvalue weighted by atomic mass is 16.2. The van der Waals surface area contributed by atoms with Gasteiger partial charge in [0.2, 0.25) is 5.91 Å². The number of hydrogen-bond acceptors (Lipinski definition) is 4. The molecule has 0 atom stereocenters. The van der Waals surface area contributed by atoms with Gasteiger partial charge in [0, 0.05) is 43.9 Å². The van der Waals surface area contributed by atoms with E-state index in [1.807, 2.05) is 17.1 Å². The molecule has 1 aliphatic heterocycles. The minimum atomic E-state index is 0.352. The van der Waals surface area contributed by atoms with Crippen molar-refractivity contribution < 1.29 is 4.79 Å². The molecule has 2 saturated carbocycles. The second-order valence-corrected chi connectivity index (χ2v) is 8.45. The van der Waals surface area contributed by atoms with Crippen molar-refractivity contribution in [1.82, 2.24) is 29.2 Å². The number of carbonyl (C=O) groups excluding carboxylic acids is 1. The Kier molecular flexibility index (Phi) is 4.45. The summed E-state index contributed by atoms with van der Waals surface area (Å²) in [5.74, 6) is 3.77. The number of carbonyl (C=O) groups is 1. The zero-order valence-electron chi connectivity index (χ0n) is 15.8. The molecular formula is C20H28N6O. The maximum absolute atomic E-state index is 12.4. The average Bonchev–Trinajstić information content (AvgIpc) is 3.62. The molecule has 2 aliphatic carbocycles. The molecule has 0 N–H and O–H groups in total. The van der Waals surface area contributed by atoms with Crippen LogP contribution in [0.15, 0.2) is 18.7 Å². The van der Waals surface area contributed by atoms with Crippen molar-refractivity contribution in [2.75, 3.05) is 13.1 Å². The summed E-state index contributed by atoms with van der Waals surface area (Å²) in [7, 11) is 0. The molecule has 2 aromatic heterocycles. The number of imidazole rings is 1. The number of nitrogens with zero attached hydrogens (tertiary/aromatic N) is 6. The molecule has 0 unspecified atom stereocenters. The molecule has 0 radical (unpaired) electrons. The normalized spacial score (nSPS) is 21.0. The minimum Gasteiger partial charge on any atom is -0.343 e. The van der Waals surface area contributed by atoms with Crippen molar-refractivity contribution in [3.8, 4) is 0 Å². The molecule has 5 rings (SSSR count). The van der Waals surface area contributed by atoms with Crippen molar-refractivity contribution in [3.63, 3.8) is 0 Å². The molecule has 3 aliphatic rings. The lowest BCUT2D eigenvalue weighted by Crippen LogP contribution is -2.38. The van der Waals surface area contributed by atoms with Crippen LogP contribution >= 0.6 is 0 Å². The summed E-state index contributed by atoms with van der Waals surface area (Å²) >= 11 is 0. The van der Waals surface area contributed by atoms with E-state index in [9.17, 15) is 4.79 Å². The molecule has 0 aromatic carbocycles. The molecule has 3 fully saturated rings. The SMILES string of the molecule is O=C(CCC1CC1)N1CCC(c2nnc(Cn3ccnc3)n2C2CC2)CC1. The van der Waals surface area contributed by atoms with E-state index >= 15 is 0 Å². The molecule has 27 heavy (non-hydrogen) atoms. The van der Waals surface area contributed by atoms with Gasteiger partial charge >= 0.3 is 0 Å². The van der Waals surface area contributed by atoms with Crippen LogP contribution in [0.5, 0.6) is 0 Å². The van der Waals surface area contributed by atoms with Gasteiger partial charge in [0.25, 0.3) is 0 Å². The van der Waals surface area contributed by atoms with Crippen LogP contribution in [-0.2, 0) is 11.3 Å². The molecular weight excluding hydrogens is 340 g/mol. The van der Waals surface area contributed by atoms with E-state index in [4.69, 9.17) is 0 Å². The highest BCUT2D eigenvalue weighted by Gasteiger charge is 2.34. The summed E-state index contributed by atoms with van der Waals surface area (Å²) in [5.41, 5.74) is 0. The van der Waals surface area contributed by atoms with E-state index < -0.39 is 0 Å². The smallest absolute Gasteiger partial charge is 0.222 e. The summed E-state index contributed by atoms with van der Waals surface area (Å²) < 4.78 is 4.43. The summed E-state index contributed by atoms with van der Waals surface area (Å²) in [5, 5.41) is 9.12. The topological polar surface area (TPSA) is 68.8 Å². The zero-order chi connectivity index (χ0) is 18.2. The molecule has 3 heterocycles. The number of rotatable bonds is 7. The van der Waals surface area contributed by atoms with Crippen LogP contribution in [0.1, 0.15) is 75.0 Å². The van der Waals surface area contributed by atoms with Crippen LogP contribution in [0, 0.1) is 5.92 Å². The number of aromatic nitrogens is 5. The predicted molar refractivity (Wildman–Crippen MR) is 100 cm³/mol. The van der Waals surface area contributed by atoms with E-state index in [0.717, 1.165) is 62.9 Å². The first-order valence-corrected chi connectivity index (χ1v) is 10.4. The highest BCUT2D eigenvalue weighted by molar-refractivity contribution is 5.76. The first-order chi connectivity index (χ1) is 13.3. The molecule has 0 bridgehead atoms. The van der Waals surface area contributed by atoms with Crippen LogP contribution in [-0.4, -0.2) is 48.2 Å². The monoisotopic (exact) mass is 368 g/mol. The number of piperidine rings is 1. The Morgan fingerprint density at radius 3 is 2.56 bits per heavy atom. The fourth-order valence-electron chi connectivity index (χ4n) is 4.28. The third-order valence-corrected chi connectivity index (χ3v) is 6.26. The third kappa shape index (κ3) is 3.77. The van der Waals surface area contributed by atoms with E-state index in [2.05, 4.69) is 24.6 Å². The van der Waals surface area contributed by atoms with Gasteiger partial charge in [-0.05, 0) is 38.0 Å². The molecule has 1 amide bonds. The Morgan fingerprint density at radius 2 is 1.89 bits per heavy atom. The lowest BCUT2D eigenvalue weighted by atomic mass is 9.95. The lowest BCUT2D eigenvalue weighted by molar-refractivity contribution is -0.132. The van der Waals surface area contributed by atoms with Crippen molar-refractivity contribution in [2.45, 2.75) is 69.9 Å². The lowest BCUT2D eigenvalue weighted by Gasteiger charge is -2.32. The average molecular weight is 368 g/mol. The quantitative estimate of drug-likeness (QED) is 0.753. The Bertz CT molecular complexity index is 782. The van der Waals surface area contributed by atoms with Gasteiger partial charge in [0.15, 0.2) is 5.82 Å². The van der Waals surface area contributed by atoms with Gasteiger partial charge in [-0.1, -0.05) is 12.8 Å². The molecule has 7 nitrogen and oxygen atoms in total. The maximum atomic E-state index is 12.4. The molecule has 7 heteroatoms. The van der Waals surface area contributed by atoms with E-state index in [-0.39, 0.29) is 0 Å². The van der Waals surface area contributed by atoms with Gasteiger partial charge in [0.05, 0.1) is 12.9 Å². The van der Waals surface area contributed by atoms with Crippen LogP contribution in [0.4, 0.5) is 0 Å². The largest absolute Gasteiger partial charge is 0.343 e. The van der Waals surface area contributed by atoms with Crippen LogP contribution in [0.25, 0.3) is 0 Å². The van der Waals surface area contributed by atoms with Crippen molar-refractivity contribution >= 4 is 5.91 Å². The second-order valence-electron chi connectivity index (χ2n) is 8.45. The van der Waals surface area contributed by atoms with Crippen molar-refractivity contribution in [2.24, 2.45) is 5.92 Å².